The van der Waals surface area contributed by atoms with E-state index in [-0.39, 0.29) is 12.6 Å². The molecule has 0 radical (unpaired) electrons. The van der Waals surface area contributed by atoms with E-state index >= 15 is 0 Å². The molecule has 0 fully saturated rings. The Labute approximate surface area is 114 Å². The van der Waals surface area contributed by atoms with Crippen LogP contribution < -0.4 is 10.6 Å². The van der Waals surface area contributed by atoms with Gasteiger partial charge in [0.1, 0.15) is 0 Å². The summed E-state index contributed by atoms with van der Waals surface area (Å²) in [5.74, 6) is -0.395. The third-order valence-electron chi connectivity index (χ3n) is 2.79. The molecule has 0 spiro atoms. The molecule has 1 aromatic rings. The molecule has 0 unspecified atom stereocenters. The number of ether oxygens (including phenoxy) is 1. The molecule has 0 atom stereocenters. The van der Waals surface area contributed by atoms with E-state index in [9.17, 15) is 4.79 Å². The van der Waals surface area contributed by atoms with Crippen LogP contribution in [0.25, 0.3) is 0 Å². The lowest BCUT2D eigenvalue weighted by molar-refractivity contribution is 0.0527. The van der Waals surface area contributed by atoms with Gasteiger partial charge in [0.15, 0.2) is 0 Å². The number of anilines is 2. The van der Waals surface area contributed by atoms with Crippen LogP contribution in [0.15, 0.2) is 18.2 Å². The Morgan fingerprint density at radius 1 is 1.47 bits per heavy atom. The van der Waals surface area contributed by atoms with Gasteiger partial charge in [-0.05, 0) is 39.0 Å². The van der Waals surface area contributed by atoms with Gasteiger partial charge in [0, 0.05) is 18.3 Å². The molecule has 19 heavy (non-hydrogen) atoms. The first-order valence-electron chi connectivity index (χ1n) is 6.45. The molecule has 106 valence electrons. The summed E-state index contributed by atoms with van der Waals surface area (Å²) in [6, 6.07) is 5.30. The molecule has 0 amide bonds. The van der Waals surface area contributed by atoms with Gasteiger partial charge in [-0.25, -0.2) is 4.79 Å². The predicted octanol–water partition coefficient (Wildman–Crippen LogP) is 1.65. The predicted molar refractivity (Wildman–Crippen MR) is 76.4 cm³/mol. The molecule has 0 saturated heterocycles. The average Bonchev–Trinajstić information content (AvgIpc) is 2.36. The standard InChI is InChI=1S/C14H22N2O3/c1-4-19-14(18)12-9-11(15)5-6-13(12)16(7-8-17)10(2)3/h5-6,9-10,17H,4,7-8,15H2,1-3H3. The van der Waals surface area contributed by atoms with Crippen molar-refractivity contribution in [1.82, 2.24) is 0 Å². The van der Waals surface area contributed by atoms with E-state index in [4.69, 9.17) is 15.6 Å². The van der Waals surface area contributed by atoms with Gasteiger partial charge < -0.3 is 20.5 Å². The minimum atomic E-state index is -0.395. The van der Waals surface area contributed by atoms with Crippen molar-refractivity contribution >= 4 is 17.3 Å². The Morgan fingerprint density at radius 3 is 2.68 bits per heavy atom. The van der Waals surface area contributed by atoms with Crippen LogP contribution in [0, 0.1) is 0 Å². The number of benzene rings is 1. The summed E-state index contributed by atoms with van der Waals surface area (Å²) in [5.41, 5.74) is 7.42. The zero-order valence-corrected chi connectivity index (χ0v) is 11.7. The Kier molecular flexibility index (Phi) is 5.63. The maximum atomic E-state index is 12.0. The molecule has 0 bridgehead atoms. The van der Waals surface area contributed by atoms with Gasteiger partial charge in [-0.3, -0.25) is 0 Å². The highest BCUT2D eigenvalue weighted by molar-refractivity contribution is 5.97. The number of nitrogen functional groups attached to an aromatic ring is 1. The van der Waals surface area contributed by atoms with Crippen LogP contribution in [-0.2, 0) is 4.74 Å². The van der Waals surface area contributed by atoms with E-state index in [1.165, 1.54) is 0 Å². The summed E-state index contributed by atoms with van der Waals surface area (Å²) in [7, 11) is 0. The Balaban J connectivity index is 3.20. The SMILES string of the molecule is CCOC(=O)c1cc(N)ccc1N(CCO)C(C)C. The summed E-state index contributed by atoms with van der Waals surface area (Å²) in [5, 5.41) is 9.15. The second-order valence-corrected chi connectivity index (χ2v) is 4.51. The van der Waals surface area contributed by atoms with Crippen molar-refractivity contribution in [2.24, 2.45) is 0 Å². The highest BCUT2D eigenvalue weighted by Crippen LogP contribution is 2.25. The maximum absolute atomic E-state index is 12.0. The van der Waals surface area contributed by atoms with Crippen LogP contribution in [0.1, 0.15) is 31.1 Å². The Morgan fingerprint density at radius 2 is 2.16 bits per heavy atom. The number of nitrogens with two attached hydrogens (primary N) is 1. The summed E-state index contributed by atoms with van der Waals surface area (Å²) in [6.45, 7) is 6.55. The summed E-state index contributed by atoms with van der Waals surface area (Å²) in [6.07, 6.45) is 0. The van der Waals surface area contributed by atoms with E-state index < -0.39 is 5.97 Å². The molecule has 0 aliphatic carbocycles. The van der Waals surface area contributed by atoms with Gasteiger partial charge in [-0.1, -0.05) is 0 Å². The van der Waals surface area contributed by atoms with Crippen molar-refractivity contribution in [1.29, 1.82) is 0 Å². The van der Waals surface area contributed by atoms with Crippen molar-refractivity contribution in [3.63, 3.8) is 0 Å². The highest BCUT2D eigenvalue weighted by Gasteiger charge is 2.19. The zero-order valence-electron chi connectivity index (χ0n) is 11.7. The second-order valence-electron chi connectivity index (χ2n) is 4.51. The number of carbonyl (C=O) groups is 1. The Bertz CT molecular complexity index is 433. The van der Waals surface area contributed by atoms with Crippen molar-refractivity contribution in [2.75, 3.05) is 30.4 Å². The van der Waals surface area contributed by atoms with E-state index in [2.05, 4.69) is 0 Å². The molecule has 1 rings (SSSR count). The number of carbonyl (C=O) groups excluding carboxylic acids is 1. The maximum Gasteiger partial charge on any atom is 0.340 e. The van der Waals surface area contributed by atoms with Crippen LogP contribution in [0.4, 0.5) is 11.4 Å². The number of esters is 1. The summed E-state index contributed by atoms with van der Waals surface area (Å²) < 4.78 is 5.05. The van der Waals surface area contributed by atoms with Gasteiger partial charge in [-0.2, -0.15) is 0 Å². The molecule has 1 aromatic carbocycles. The fourth-order valence-electron chi connectivity index (χ4n) is 1.94. The van der Waals surface area contributed by atoms with Gasteiger partial charge in [0.25, 0.3) is 0 Å². The van der Waals surface area contributed by atoms with Crippen LogP contribution in [0.3, 0.4) is 0 Å². The van der Waals surface area contributed by atoms with Crippen molar-refractivity contribution in [3.8, 4) is 0 Å². The molecule has 0 aromatic heterocycles. The Hall–Kier alpha value is -1.75. The lowest BCUT2D eigenvalue weighted by Gasteiger charge is -2.30. The third kappa shape index (κ3) is 3.86. The molecule has 0 aliphatic rings. The number of nitrogens with zero attached hydrogens (tertiary/aromatic N) is 1. The third-order valence-corrected chi connectivity index (χ3v) is 2.79. The molecule has 3 N–H and O–H groups in total. The largest absolute Gasteiger partial charge is 0.462 e. The first-order valence-corrected chi connectivity index (χ1v) is 6.45. The first kappa shape index (κ1) is 15.3. The zero-order chi connectivity index (χ0) is 14.4. The van der Waals surface area contributed by atoms with Gasteiger partial charge in [0.2, 0.25) is 0 Å². The average molecular weight is 266 g/mol. The smallest absolute Gasteiger partial charge is 0.340 e. The number of aliphatic hydroxyl groups is 1. The normalized spacial score (nSPS) is 10.6. The first-order chi connectivity index (χ1) is 9.01. The van der Waals surface area contributed by atoms with E-state index in [1.807, 2.05) is 18.7 Å². The van der Waals surface area contributed by atoms with Crippen molar-refractivity contribution < 1.29 is 14.6 Å². The van der Waals surface area contributed by atoms with E-state index in [1.54, 1.807) is 25.1 Å². The van der Waals surface area contributed by atoms with E-state index in [0.29, 0.717) is 24.4 Å². The quantitative estimate of drug-likeness (QED) is 0.605. The monoisotopic (exact) mass is 266 g/mol. The molecule has 0 aliphatic heterocycles. The van der Waals surface area contributed by atoms with Crippen molar-refractivity contribution in [3.05, 3.63) is 23.8 Å². The summed E-state index contributed by atoms with van der Waals surface area (Å²) >= 11 is 0. The van der Waals surface area contributed by atoms with Crippen LogP contribution in [-0.4, -0.2) is 36.9 Å². The lowest BCUT2D eigenvalue weighted by atomic mass is 10.1. The van der Waals surface area contributed by atoms with Crippen LogP contribution in [0.5, 0.6) is 0 Å². The molecular weight excluding hydrogens is 244 g/mol. The number of hydrogen-bond acceptors (Lipinski definition) is 5. The molecular formula is C14H22N2O3. The fraction of sp³-hybridized carbons (Fsp3) is 0.500. The molecule has 5 heteroatoms. The van der Waals surface area contributed by atoms with Crippen LogP contribution >= 0.6 is 0 Å². The fourth-order valence-corrected chi connectivity index (χ4v) is 1.94. The number of hydrogen-bond donors (Lipinski definition) is 2. The van der Waals surface area contributed by atoms with E-state index in [0.717, 1.165) is 5.69 Å². The number of aliphatic hydroxyl groups excluding tert-OH is 1. The van der Waals surface area contributed by atoms with Crippen LogP contribution in [0.2, 0.25) is 0 Å². The second kappa shape index (κ2) is 6.99. The summed E-state index contributed by atoms with van der Waals surface area (Å²) in [4.78, 5) is 13.9. The van der Waals surface area contributed by atoms with Crippen molar-refractivity contribution in [2.45, 2.75) is 26.8 Å². The van der Waals surface area contributed by atoms with Gasteiger partial charge in [0.05, 0.1) is 24.5 Å². The molecule has 5 nitrogen and oxygen atoms in total. The topological polar surface area (TPSA) is 75.8 Å². The highest BCUT2D eigenvalue weighted by atomic mass is 16.5. The van der Waals surface area contributed by atoms with Gasteiger partial charge >= 0.3 is 5.97 Å². The van der Waals surface area contributed by atoms with Gasteiger partial charge in [-0.15, -0.1) is 0 Å². The minimum Gasteiger partial charge on any atom is -0.462 e. The number of rotatable bonds is 6. The molecule has 0 saturated carbocycles. The minimum absolute atomic E-state index is 0.0187. The molecule has 0 heterocycles. The lowest BCUT2D eigenvalue weighted by Crippen LogP contribution is -2.34.